The Morgan fingerprint density at radius 1 is 1.41 bits per heavy atom. The lowest BCUT2D eigenvalue weighted by Crippen LogP contribution is -2.22. The van der Waals surface area contributed by atoms with Crippen LogP contribution < -0.4 is 15.6 Å². The van der Waals surface area contributed by atoms with Gasteiger partial charge in [-0.3, -0.25) is 19.7 Å². The van der Waals surface area contributed by atoms with Gasteiger partial charge >= 0.3 is 17.1 Å². The third-order valence-electron chi connectivity index (χ3n) is 2.65. The van der Waals surface area contributed by atoms with Crippen molar-refractivity contribution >= 4 is 17.3 Å². The van der Waals surface area contributed by atoms with Crippen molar-refractivity contribution in [1.29, 1.82) is 0 Å². The summed E-state index contributed by atoms with van der Waals surface area (Å²) in [6.45, 7) is 1.40. The fraction of sp³-hybridized carbons (Fsp3) is 0.154. The van der Waals surface area contributed by atoms with Crippen molar-refractivity contribution in [3.05, 3.63) is 56.6 Å². The first-order valence-electron chi connectivity index (χ1n) is 6.19. The van der Waals surface area contributed by atoms with Gasteiger partial charge in [-0.1, -0.05) is 17.7 Å². The smallest absolute Gasteiger partial charge is 0.395 e. The van der Waals surface area contributed by atoms with E-state index in [1.165, 1.54) is 0 Å². The molecule has 0 aliphatic heterocycles. The van der Waals surface area contributed by atoms with E-state index in [-0.39, 0.29) is 0 Å². The van der Waals surface area contributed by atoms with Gasteiger partial charge in [0.1, 0.15) is 0 Å². The Morgan fingerprint density at radius 2 is 2.09 bits per heavy atom. The molecule has 0 radical (unpaired) electrons. The molecule has 2 rings (SSSR count). The van der Waals surface area contributed by atoms with Gasteiger partial charge in [-0.05, 0) is 19.1 Å². The van der Waals surface area contributed by atoms with E-state index < -0.39 is 34.6 Å². The topological polar surface area (TPSA) is 127 Å². The molecule has 22 heavy (non-hydrogen) atoms. The normalized spacial score (nSPS) is 10.0. The summed E-state index contributed by atoms with van der Waals surface area (Å²) in [6.07, 6.45) is 0.961. The Morgan fingerprint density at radius 3 is 2.73 bits per heavy atom. The van der Waals surface area contributed by atoms with E-state index >= 15 is 0 Å². The van der Waals surface area contributed by atoms with E-state index in [0.717, 1.165) is 11.9 Å². The number of benzene rings is 1. The Hall–Kier alpha value is -3.23. The fourth-order valence-corrected chi connectivity index (χ4v) is 1.61. The molecule has 0 saturated heterocycles. The van der Waals surface area contributed by atoms with Gasteiger partial charge in [0.05, 0.1) is 11.3 Å². The molecule has 9 heteroatoms. The van der Waals surface area contributed by atoms with Crippen LogP contribution in [0.2, 0.25) is 0 Å². The third-order valence-corrected chi connectivity index (χ3v) is 2.65. The minimum absolute atomic E-state index is 0.507. The maximum Gasteiger partial charge on any atom is 0.395 e. The van der Waals surface area contributed by atoms with Gasteiger partial charge in [-0.25, -0.2) is 0 Å². The number of nitrogens with zero attached hydrogens (tertiary/aromatic N) is 2. The highest BCUT2D eigenvalue weighted by molar-refractivity contribution is 5.91. The van der Waals surface area contributed by atoms with E-state index in [0.29, 0.717) is 5.69 Å². The summed E-state index contributed by atoms with van der Waals surface area (Å²) in [5.74, 6) is -1.03. The molecule has 0 bridgehead atoms. The number of H-pyrrole nitrogens is 1. The number of nitrogens with one attached hydrogen (secondary N) is 2. The molecule has 2 N–H and O–H groups in total. The average molecular weight is 304 g/mol. The van der Waals surface area contributed by atoms with Crippen LogP contribution in [-0.2, 0) is 4.79 Å². The van der Waals surface area contributed by atoms with Crippen LogP contribution in [0.25, 0.3) is 0 Å². The summed E-state index contributed by atoms with van der Waals surface area (Å²) in [5, 5.41) is 13.3. The summed E-state index contributed by atoms with van der Waals surface area (Å²) in [6, 6.07) is 7.06. The SMILES string of the molecule is Cc1ccc(NC(=O)COc2nc[nH]c(=O)c2[N+](=O)[O-])cc1. The first-order chi connectivity index (χ1) is 10.5. The van der Waals surface area contributed by atoms with E-state index in [1.807, 2.05) is 19.1 Å². The van der Waals surface area contributed by atoms with Crippen molar-refractivity contribution in [2.45, 2.75) is 6.92 Å². The molecule has 9 nitrogen and oxygen atoms in total. The van der Waals surface area contributed by atoms with Crippen LogP contribution in [0.4, 0.5) is 11.4 Å². The van der Waals surface area contributed by atoms with Gasteiger partial charge in [0.15, 0.2) is 6.61 Å². The second-order valence-corrected chi connectivity index (χ2v) is 4.35. The van der Waals surface area contributed by atoms with Crippen molar-refractivity contribution < 1.29 is 14.5 Å². The van der Waals surface area contributed by atoms with Gasteiger partial charge in [0, 0.05) is 5.69 Å². The van der Waals surface area contributed by atoms with Crippen molar-refractivity contribution in [2.75, 3.05) is 11.9 Å². The zero-order valence-electron chi connectivity index (χ0n) is 11.5. The molecule has 0 aliphatic rings. The van der Waals surface area contributed by atoms with Crippen molar-refractivity contribution in [3.63, 3.8) is 0 Å². The molecule has 1 aromatic heterocycles. The number of amides is 1. The molecule has 114 valence electrons. The second kappa shape index (κ2) is 6.48. The van der Waals surface area contributed by atoms with Crippen LogP contribution >= 0.6 is 0 Å². The minimum atomic E-state index is -0.950. The first kappa shape index (κ1) is 15.2. The predicted octanol–water partition coefficient (Wildman–Crippen LogP) is 1.00. The van der Waals surface area contributed by atoms with Gasteiger partial charge in [-0.2, -0.15) is 4.98 Å². The van der Waals surface area contributed by atoms with Gasteiger partial charge in [0.2, 0.25) is 0 Å². The summed E-state index contributed by atoms with van der Waals surface area (Å²) < 4.78 is 4.95. The maximum atomic E-state index is 11.7. The monoisotopic (exact) mass is 304 g/mol. The number of hydrogen-bond acceptors (Lipinski definition) is 6. The Labute approximate surface area is 124 Å². The molecule has 0 spiro atoms. The van der Waals surface area contributed by atoms with Gasteiger partial charge < -0.3 is 15.0 Å². The van der Waals surface area contributed by atoms with Crippen LogP contribution in [-0.4, -0.2) is 27.4 Å². The molecule has 0 unspecified atom stereocenters. The summed E-state index contributed by atoms with van der Waals surface area (Å²) in [7, 11) is 0. The number of rotatable bonds is 5. The third kappa shape index (κ3) is 3.66. The highest BCUT2D eigenvalue weighted by Crippen LogP contribution is 2.17. The van der Waals surface area contributed by atoms with E-state index in [1.54, 1.807) is 12.1 Å². The molecule has 1 heterocycles. The first-order valence-corrected chi connectivity index (χ1v) is 6.19. The molecule has 1 aromatic carbocycles. The summed E-state index contributed by atoms with van der Waals surface area (Å²) in [4.78, 5) is 38.5. The lowest BCUT2D eigenvalue weighted by Gasteiger charge is -2.07. The number of anilines is 1. The van der Waals surface area contributed by atoms with Crippen LogP contribution in [0, 0.1) is 17.0 Å². The number of carbonyl (C=O) groups excluding carboxylic acids is 1. The largest absolute Gasteiger partial charge is 0.462 e. The highest BCUT2D eigenvalue weighted by Gasteiger charge is 2.22. The number of nitro groups is 1. The Balaban J connectivity index is 2.03. The van der Waals surface area contributed by atoms with Crippen LogP contribution in [0.15, 0.2) is 35.4 Å². The number of carbonyl (C=O) groups is 1. The second-order valence-electron chi connectivity index (χ2n) is 4.35. The highest BCUT2D eigenvalue weighted by atomic mass is 16.6. The minimum Gasteiger partial charge on any atom is -0.462 e. The zero-order valence-corrected chi connectivity index (χ0v) is 11.5. The van der Waals surface area contributed by atoms with E-state index in [9.17, 15) is 19.7 Å². The maximum absolute atomic E-state index is 11.7. The standard InChI is InChI=1S/C13H12N4O5/c1-8-2-4-9(5-3-8)16-10(18)6-22-13-11(17(20)21)12(19)14-7-15-13/h2-5,7H,6H2,1H3,(H,16,18)(H,14,15,19). The molecular weight excluding hydrogens is 292 g/mol. The van der Waals surface area contributed by atoms with Crippen molar-refractivity contribution in [1.82, 2.24) is 9.97 Å². The number of hydrogen-bond donors (Lipinski definition) is 2. The molecule has 0 atom stereocenters. The van der Waals surface area contributed by atoms with Crippen molar-refractivity contribution in [3.8, 4) is 5.88 Å². The van der Waals surface area contributed by atoms with Crippen molar-refractivity contribution in [2.24, 2.45) is 0 Å². The average Bonchev–Trinajstić information content (AvgIpc) is 2.47. The fourth-order valence-electron chi connectivity index (χ4n) is 1.61. The molecule has 0 fully saturated rings. The molecule has 1 amide bonds. The summed E-state index contributed by atoms with van der Waals surface area (Å²) in [5.41, 5.74) is -0.190. The quantitative estimate of drug-likeness (QED) is 0.626. The van der Waals surface area contributed by atoms with E-state index in [2.05, 4.69) is 15.3 Å². The van der Waals surface area contributed by atoms with Crippen LogP contribution in [0.3, 0.4) is 0 Å². The molecule has 0 saturated carbocycles. The zero-order chi connectivity index (χ0) is 16.1. The van der Waals surface area contributed by atoms with Gasteiger partial charge in [0.25, 0.3) is 5.91 Å². The Bertz CT molecular complexity index is 754. The van der Waals surface area contributed by atoms with E-state index in [4.69, 9.17) is 4.74 Å². The summed E-state index contributed by atoms with van der Waals surface area (Å²) >= 11 is 0. The number of aromatic amines is 1. The molecule has 2 aromatic rings. The lowest BCUT2D eigenvalue weighted by molar-refractivity contribution is -0.387. The van der Waals surface area contributed by atoms with Crippen LogP contribution in [0.1, 0.15) is 5.56 Å². The van der Waals surface area contributed by atoms with Crippen LogP contribution in [0.5, 0.6) is 5.88 Å². The number of aromatic nitrogens is 2. The number of ether oxygens (including phenoxy) is 1. The van der Waals surface area contributed by atoms with Gasteiger partial charge in [-0.15, -0.1) is 0 Å². The molecule has 0 aliphatic carbocycles. The number of aryl methyl sites for hydroxylation is 1. The molecular formula is C13H12N4O5. The lowest BCUT2D eigenvalue weighted by atomic mass is 10.2. The Kier molecular flexibility index (Phi) is 4.47. The predicted molar refractivity (Wildman–Crippen MR) is 76.8 cm³/mol.